The van der Waals surface area contributed by atoms with Gasteiger partial charge in [0, 0.05) is 25.2 Å². The van der Waals surface area contributed by atoms with Crippen molar-refractivity contribution in [2.24, 2.45) is 7.05 Å². The molecule has 0 radical (unpaired) electrons. The van der Waals surface area contributed by atoms with Crippen LogP contribution in [0.3, 0.4) is 0 Å². The molecule has 0 amide bonds. The Morgan fingerprint density at radius 1 is 1.42 bits per heavy atom. The van der Waals surface area contributed by atoms with Crippen LogP contribution in [0.15, 0.2) is 18.5 Å². The van der Waals surface area contributed by atoms with E-state index in [1.165, 1.54) is 24.2 Å². The first-order valence-corrected chi connectivity index (χ1v) is 6.94. The zero-order chi connectivity index (χ0) is 13.4. The van der Waals surface area contributed by atoms with E-state index < -0.39 is 0 Å². The zero-order valence-corrected chi connectivity index (χ0v) is 11.8. The van der Waals surface area contributed by atoms with Crippen LogP contribution in [0.1, 0.15) is 50.0 Å². The Bertz CT molecular complexity index is 562. The first-order chi connectivity index (χ1) is 9.13. The summed E-state index contributed by atoms with van der Waals surface area (Å²) in [7, 11) is 1.93. The Balaban J connectivity index is 1.75. The fourth-order valence-electron chi connectivity index (χ4n) is 2.32. The number of aryl methyl sites for hydroxylation is 1. The molecule has 0 spiro atoms. The van der Waals surface area contributed by atoms with Crippen molar-refractivity contribution in [2.75, 3.05) is 5.32 Å². The van der Waals surface area contributed by atoms with Crippen molar-refractivity contribution in [3.05, 3.63) is 29.8 Å². The van der Waals surface area contributed by atoms with Gasteiger partial charge in [0.1, 0.15) is 0 Å². The highest BCUT2D eigenvalue weighted by Crippen LogP contribution is 2.39. The van der Waals surface area contributed by atoms with Gasteiger partial charge in [0.15, 0.2) is 0 Å². The highest BCUT2D eigenvalue weighted by molar-refractivity contribution is 5.38. The molecule has 102 valence electrons. The van der Waals surface area contributed by atoms with E-state index in [0.29, 0.717) is 12.0 Å². The Labute approximate surface area is 113 Å². The van der Waals surface area contributed by atoms with Crippen LogP contribution in [-0.4, -0.2) is 19.6 Å². The summed E-state index contributed by atoms with van der Waals surface area (Å²) in [5.41, 5.74) is 3.56. The van der Waals surface area contributed by atoms with E-state index in [1.54, 1.807) is 4.68 Å². The molecule has 0 aliphatic heterocycles. The molecule has 3 rings (SSSR count). The van der Waals surface area contributed by atoms with Crippen molar-refractivity contribution in [2.45, 2.75) is 45.2 Å². The van der Waals surface area contributed by atoms with Crippen LogP contribution in [0.5, 0.6) is 0 Å². The second kappa shape index (κ2) is 4.72. The van der Waals surface area contributed by atoms with Crippen molar-refractivity contribution >= 4 is 5.69 Å². The molecule has 5 nitrogen and oxygen atoms in total. The van der Waals surface area contributed by atoms with E-state index in [9.17, 15) is 0 Å². The van der Waals surface area contributed by atoms with E-state index >= 15 is 0 Å². The molecule has 2 aromatic rings. The van der Waals surface area contributed by atoms with Gasteiger partial charge in [0.05, 0.1) is 29.8 Å². The fourth-order valence-corrected chi connectivity index (χ4v) is 2.32. The molecule has 1 aliphatic rings. The van der Waals surface area contributed by atoms with E-state index in [4.69, 9.17) is 5.10 Å². The largest absolute Gasteiger partial charge is 0.377 e. The van der Waals surface area contributed by atoms with Gasteiger partial charge in [0.2, 0.25) is 0 Å². The first kappa shape index (κ1) is 12.3. The van der Waals surface area contributed by atoms with Gasteiger partial charge in [-0.05, 0) is 32.8 Å². The average molecular weight is 259 g/mol. The molecule has 1 saturated carbocycles. The molecule has 1 fully saturated rings. The summed E-state index contributed by atoms with van der Waals surface area (Å²) in [6.07, 6.45) is 6.42. The number of nitrogens with zero attached hydrogens (tertiary/aromatic N) is 4. The number of rotatable bonds is 5. The maximum atomic E-state index is 4.75. The van der Waals surface area contributed by atoms with Gasteiger partial charge in [-0.3, -0.25) is 9.36 Å². The lowest BCUT2D eigenvalue weighted by atomic mass is 10.2. The smallest absolute Gasteiger partial charge is 0.0729 e. The van der Waals surface area contributed by atoms with Crippen molar-refractivity contribution in [3.8, 4) is 0 Å². The van der Waals surface area contributed by atoms with Gasteiger partial charge in [-0.1, -0.05) is 0 Å². The van der Waals surface area contributed by atoms with Crippen molar-refractivity contribution in [1.29, 1.82) is 0 Å². The summed E-state index contributed by atoms with van der Waals surface area (Å²) < 4.78 is 3.94. The van der Waals surface area contributed by atoms with Crippen molar-refractivity contribution in [1.82, 2.24) is 19.6 Å². The Morgan fingerprint density at radius 2 is 2.21 bits per heavy atom. The van der Waals surface area contributed by atoms with Gasteiger partial charge >= 0.3 is 0 Å². The van der Waals surface area contributed by atoms with Crippen LogP contribution in [0.2, 0.25) is 0 Å². The number of anilines is 1. The van der Waals surface area contributed by atoms with Crippen LogP contribution in [0.25, 0.3) is 0 Å². The van der Waals surface area contributed by atoms with Gasteiger partial charge in [-0.2, -0.15) is 10.2 Å². The van der Waals surface area contributed by atoms with Crippen LogP contribution in [0.4, 0.5) is 5.69 Å². The molecule has 2 heterocycles. The zero-order valence-electron chi connectivity index (χ0n) is 11.8. The second-order valence-corrected chi connectivity index (χ2v) is 5.63. The quantitative estimate of drug-likeness (QED) is 0.898. The minimum atomic E-state index is 0.401. The summed E-state index contributed by atoms with van der Waals surface area (Å²) in [5, 5.41) is 12.3. The van der Waals surface area contributed by atoms with Crippen LogP contribution < -0.4 is 5.32 Å². The summed E-state index contributed by atoms with van der Waals surface area (Å²) in [6, 6.07) is 2.65. The molecule has 1 aliphatic carbocycles. The lowest BCUT2D eigenvalue weighted by Gasteiger charge is -2.11. The monoisotopic (exact) mass is 259 g/mol. The van der Waals surface area contributed by atoms with Crippen LogP contribution in [-0.2, 0) is 13.6 Å². The predicted molar refractivity (Wildman–Crippen MR) is 75.1 cm³/mol. The summed E-state index contributed by atoms with van der Waals surface area (Å²) in [5.74, 6) is 0.706. The minimum absolute atomic E-state index is 0.401. The Morgan fingerprint density at radius 3 is 2.79 bits per heavy atom. The average Bonchev–Trinajstić information content (AvgIpc) is 2.99. The van der Waals surface area contributed by atoms with E-state index in [1.807, 2.05) is 19.4 Å². The molecule has 1 N–H and O–H groups in total. The third-order valence-electron chi connectivity index (χ3n) is 3.50. The molecule has 2 aromatic heterocycles. The molecular weight excluding hydrogens is 238 g/mol. The Kier molecular flexibility index (Phi) is 3.05. The van der Waals surface area contributed by atoms with Crippen LogP contribution >= 0.6 is 0 Å². The van der Waals surface area contributed by atoms with Gasteiger partial charge < -0.3 is 5.32 Å². The Hall–Kier alpha value is -1.78. The van der Waals surface area contributed by atoms with Crippen LogP contribution in [0, 0.1) is 0 Å². The normalized spacial score (nSPS) is 15.2. The van der Waals surface area contributed by atoms with Gasteiger partial charge in [-0.15, -0.1) is 0 Å². The number of hydrogen-bond donors (Lipinski definition) is 1. The molecule has 0 aromatic carbocycles. The minimum Gasteiger partial charge on any atom is -0.377 e. The standard InChI is InChI=1S/C14H21N5/c1-10(2)19-13(6-14(17-19)11-4-5-11)8-15-12-7-16-18(3)9-12/h6-7,9-11,15H,4-5,8H2,1-3H3. The van der Waals surface area contributed by atoms with E-state index in [0.717, 1.165) is 12.2 Å². The molecule has 0 saturated heterocycles. The highest BCUT2D eigenvalue weighted by Gasteiger charge is 2.27. The van der Waals surface area contributed by atoms with Gasteiger partial charge in [0.25, 0.3) is 0 Å². The molecule has 0 atom stereocenters. The maximum Gasteiger partial charge on any atom is 0.0729 e. The summed E-state index contributed by atoms with van der Waals surface area (Å²) in [4.78, 5) is 0. The first-order valence-electron chi connectivity index (χ1n) is 6.94. The number of hydrogen-bond acceptors (Lipinski definition) is 3. The van der Waals surface area contributed by atoms with E-state index in [-0.39, 0.29) is 0 Å². The van der Waals surface area contributed by atoms with Crippen molar-refractivity contribution < 1.29 is 0 Å². The highest BCUT2D eigenvalue weighted by atomic mass is 15.3. The summed E-state index contributed by atoms with van der Waals surface area (Å²) >= 11 is 0. The number of aromatic nitrogens is 4. The fraction of sp³-hybridized carbons (Fsp3) is 0.571. The lowest BCUT2D eigenvalue weighted by molar-refractivity contribution is 0.507. The maximum absolute atomic E-state index is 4.75. The predicted octanol–water partition coefficient (Wildman–Crippen LogP) is 2.69. The molecule has 0 bridgehead atoms. The van der Waals surface area contributed by atoms with E-state index in [2.05, 4.69) is 35.0 Å². The second-order valence-electron chi connectivity index (χ2n) is 5.63. The van der Waals surface area contributed by atoms with Gasteiger partial charge in [-0.25, -0.2) is 0 Å². The topological polar surface area (TPSA) is 47.7 Å². The molecule has 0 unspecified atom stereocenters. The number of nitrogens with one attached hydrogen (secondary N) is 1. The third kappa shape index (κ3) is 2.64. The lowest BCUT2D eigenvalue weighted by Crippen LogP contribution is -2.11. The molecule has 19 heavy (non-hydrogen) atoms. The van der Waals surface area contributed by atoms with Crippen molar-refractivity contribution in [3.63, 3.8) is 0 Å². The summed E-state index contributed by atoms with van der Waals surface area (Å²) in [6.45, 7) is 5.15. The SMILES string of the molecule is CC(C)n1nc(C2CC2)cc1CNc1cnn(C)c1. The molecular formula is C14H21N5. The molecule has 5 heteroatoms. The third-order valence-corrected chi connectivity index (χ3v) is 3.50.